The molecule has 0 fully saturated rings. The van der Waals surface area contributed by atoms with E-state index in [9.17, 15) is 18.0 Å². The van der Waals surface area contributed by atoms with E-state index in [1.807, 2.05) is 6.92 Å². The van der Waals surface area contributed by atoms with Gasteiger partial charge in [-0.1, -0.05) is 42.3 Å². The van der Waals surface area contributed by atoms with E-state index in [0.717, 1.165) is 17.0 Å². The Balaban J connectivity index is 2.24. The smallest absolute Gasteiger partial charge is 0.253 e. The van der Waals surface area contributed by atoms with Gasteiger partial charge in [-0.05, 0) is 36.8 Å². The van der Waals surface area contributed by atoms with Gasteiger partial charge in [0.2, 0.25) is 15.9 Å². The number of nitrogens with zero attached hydrogens (tertiary/aromatic N) is 1. The number of sulfonamides is 1. The molecule has 0 atom stereocenters. The lowest BCUT2D eigenvalue weighted by atomic mass is 10.1. The van der Waals surface area contributed by atoms with E-state index in [-0.39, 0.29) is 32.9 Å². The van der Waals surface area contributed by atoms with Crippen LogP contribution in [0.3, 0.4) is 0 Å². The van der Waals surface area contributed by atoms with Crippen molar-refractivity contribution in [3.8, 4) is 0 Å². The molecule has 0 unspecified atom stereocenters. The molecule has 0 aliphatic heterocycles. The molecule has 0 heterocycles. The Morgan fingerprint density at radius 3 is 2.38 bits per heavy atom. The second-order valence-corrected chi connectivity index (χ2v) is 8.94. The lowest BCUT2D eigenvalue weighted by molar-refractivity contribution is -0.114. The fourth-order valence-electron chi connectivity index (χ4n) is 2.48. The van der Waals surface area contributed by atoms with Gasteiger partial charge in [0.25, 0.3) is 5.91 Å². The Morgan fingerprint density at radius 2 is 1.76 bits per heavy atom. The monoisotopic (exact) mass is 457 g/mol. The predicted octanol–water partition coefficient (Wildman–Crippen LogP) is 3.54. The van der Waals surface area contributed by atoms with Gasteiger partial charge in [0, 0.05) is 6.54 Å². The van der Waals surface area contributed by atoms with Crippen molar-refractivity contribution in [2.24, 2.45) is 0 Å². The Bertz CT molecular complexity index is 1010. The van der Waals surface area contributed by atoms with Gasteiger partial charge in [-0.15, -0.1) is 0 Å². The van der Waals surface area contributed by atoms with Crippen LogP contribution in [0.5, 0.6) is 0 Å². The molecule has 156 valence electrons. The summed E-state index contributed by atoms with van der Waals surface area (Å²) in [4.78, 5) is 24.9. The van der Waals surface area contributed by atoms with E-state index < -0.39 is 22.5 Å². The summed E-state index contributed by atoms with van der Waals surface area (Å²) in [5.41, 5.74) is 0.773. The van der Waals surface area contributed by atoms with E-state index in [2.05, 4.69) is 10.6 Å². The molecule has 2 amide bonds. The van der Waals surface area contributed by atoms with Crippen molar-refractivity contribution in [3.05, 3.63) is 58.1 Å². The number of carbonyl (C=O) groups excluding carboxylic acids is 2. The standard InChI is InChI=1S/C19H21Cl2N3O4S/c1-3-10-22-19(26)14-6-4-5-7-17(14)23-18(25)12-24(29(2,27)28)13-8-9-15(20)16(21)11-13/h4-9,11H,3,10,12H2,1-2H3,(H,22,26)(H,23,25). The highest BCUT2D eigenvalue weighted by Gasteiger charge is 2.22. The summed E-state index contributed by atoms with van der Waals surface area (Å²) >= 11 is 11.9. The van der Waals surface area contributed by atoms with Crippen molar-refractivity contribution in [1.82, 2.24) is 5.32 Å². The van der Waals surface area contributed by atoms with Crippen LogP contribution in [0, 0.1) is 0 Å². The molecule has 7 nitrogen and oxygen atoms in total. The number of hydrogen-bond acceptors (Lipinski definition) is 4. The van der Waals surface area contributed by atoms with E-state index in [0.29, 0.717) is 6.54 Å². The Labute approximate surface area is 180 Å². The number of rotatable bonds is 8. The van der Waals surface area contributed by atoms with E-state index in [4.69, 9.17) is 23.2 Å². The average molecular weight is 458 g/mol. The molecule has 0 bridgehead atoms. The summed E-state index contributed by atoms with van der Waals surface area (Å²) in [7, 11) is -3.78. The summed E-state index contributed by atoms with van der Waals surface area (Å²) in [5, 5.41) is 5.77. The number of hydrogen-bond donors (Lipinski definition) is 2. The number of para-hydroxylation sites is 1. The van der Waals surface area contributed by atoms with Crippen LogP contribution in [0.15, 0.2) is 42.5 Å². The second-order valence-electron chi connectivity index (χ2n) is 6.22. The minimum Gasteiger partial charge on any atom is -0.352 e. The highest BCUT2D eigenvalue weighted by molar-refractivity contribution is 7.92. The maximum Gasteiger partial charge on any atom is 0.253 e. The molecular weight excluding hydrogens is 437 g/mol. The molecule has 2 aromatic rings. The first-order valence-corrected chi connectivity index (χ1v) is 11.3. The number of benzene rings is 2. The first-order chi connectivity index (χ1) is 13.6. The van der Waals surface area contributed by atoms with Gasteiger partial charge in [0.05, 0.1) is 33.2 Å². The van der Waals surface area contributed by atoms with Crippen molar-refractivity contribution >= 4 is 56.4 Å². The predicted molar refractivity (Wildman–Crippen MR) is 116 cm³/mol. The molecule has 2 rings (SSSR count). The van der Waals surface area contributed by atoms with Crippen LogP contribution in [0.4, 0.5) is 11.4 Å². The molecule has 0 saturated heterocycles. The van der Waals surface area contributed by atoms with Crippen LogP contribution in [-0.2, 0) is 14.8 Å². The third-order valence-electron chi connectivity index (χ3n) is 3.86. The van der Waals surface area contributed by atoms with Crippen molar-refractivity contribution in [2.45, 2.75) is 13.3 Å². The SMILES string of the molecule is CCCNC(=O)c1ccccc1NC(=O)CN(c1ccc(Cl)c(Cl)c1)S(C)(=O)=O. The molecule has 0 saturated carbocycles. The highest BCUT2D eigenvalue weighted by atomic mass is 35.5. The minimum absolute atomic E-state index is 0.163. The molecule has 29 heavy (non-hydrogen) atoms. The van der Waals surface area contributed by atoms with E-state index in [1.165, 1.54) is 18.2 Å². The molecule has 0 aliphatic rings. The molecule has 0 aromatic heterocycles. The summed E-state index contributed by atoms with van der Waals surface area (Å²) in [6.45, 7) is 1.93. The zero-order valence-corrected chi connectivity index (χ0v) is 18.2. The van der Waals surface area contributed by atoms with Crippen LogP contribution < -0.4 is 14.9 Å². The van der Waals surface area contributed by atoms with Gasteiger partial charge < -0.3 is 10.6 Å². The first kappa shape index (κ1) is 23.0. The van der Waals surface area contributed by atoms with Gasteiger partial charge >= 0.3 is 0 Å². The maximum absolute atomic E-state index is 12.6. The first-order valence-electron chi connectivity index (χ1n) is 8.73. The lowest BCUT2D eigenvalue weighted by Gasteiger charge is -2.22. The average Bonchev–Trinajstić information content (AvgIpc) is 2.66. The van der Waals surface area contributed by atoms with Crippen LogP contribution >= 0.6 is 23.2 Å². The third-order valence-corrected chi connectivity index (χ3v) is 5.74. The summed E-state index contributed by atoms with van der Waals surface area (Å²) < 4.78 is 25.3. The Kier molecular flexibility index (Phi) is 7.89. The third kappa shape index (κ3) is 6.35. The zero-order chi connectivity index (χ0) is 21.6. The van der Waals surface area contributed by atoms with Crippen LogP contribution in [0.2, 0.25) is 10.0 Å². The second kappa shape index (κ2) is 9.96. The molecule has 2 aromatic carbocycles. The zero-order valence-electron chi connectivity index (χ0n) is 15.9. The summed E-state index contributed by atoms with van der Waals surface area (Å²) in [5.74, 6) is -0.940. The van der Waals surface area contributed by atoms with E-state index in [1.54, 1.807) is 24.3 Å². The van der Waals surface area contributed by atoms with Crippen LogP contribution in [0.25, 0.3) is 0 Å². The molecule has 0 aliphatic carbocycles. The molecular formula is C19H21Cl2N3O4S. The number of halogens is 2. The van der Waals surface area contributed by atoms with Crippen molar-refractivity contribution in [1.29, 1.82) is 0 Å². The normalized spacial score (nSPS) is 11.0. The fraction of sp³-hybridized carbons (Fsp3) is 0.263. The number of carbonyl (C=O) groups is 2. The highest BCUT2D eigenvalue weighted by Crippen LogP contribution is 2.28. The number of nitrogens with one attached hydrogen (secondary N) is 2. The minimum atomic E-state index is -3.78. The number of amides is 2. The van der Waals surface area contributed by atoms with Crippen molar-refractivity contribution in [3.63, 3.8) is 0 Å². The quantitative estimate of drug-likeness (QED) is 0.633. The Hall–Kier alpha value is -2.29. The molecule has 10 heteroatoms. The number of anilines is 2. The lowest BCUT2D eigenvalue weighted by Crippen LogP contribution is -2.37. The summed E-state index contributed by atoms with van der Waals surface area (Å²) in [6, 6.07) is 10.8. The Morgan fingerprint density at radius 1 is 1.07 bits per heavy atom. The van der Waals surface area contributed by atoms with Gasteiger partial charge in [0.1, 0.15) is 6.54 Å². The summed E-state index contributed by atoms with van der Waals surface area (Å²) in [6.07, 6.45) is 1.75. The van der Waals surface area contributed by atoms with E-state index >= 15 is 0 Å². The topological polar surface area (TPSA) is 95.6 Å². The van der Waals surface area contributed by atoms with Crippen LogP contribution in [0.1, 0.15) is 23.7 Å². The molecule has 0 radical (unpaired) electrons. The van der Waals surface area contributed by atoms with Gasteiger partial charge in [-0.25, -0.2) is 8.42 Å². The fourth-order valence-corrected chi connectivity index (χ4v) is 3.62. The van der Waals surface area contributed by atoms with Gasteiger partial charge in [-0.2, -0.15) is 0 Å². The van der Waals surface area contributed by atoms with Crippen molar-refractivity contribution in [2.75, 3.05) is 29.0 Å². The largest absolute Gasteiger partial charge is 0.352 e. The van der Waals surface area contributed by atoms with Gasteiger partial charge in [-0.3, -0.25) is 13.9 Å². The maximum atomic E-state index is 12.6. The van der Waals surface area contributed by atoms with Crippen LogP contribution in [-0.4, -0.2) is 39.6 Å². The molecule has 0 spiro atoms. The van der Waals surface area contributed by atoms with Gasteiger partial charge in [0.15, 0.2) is 0 Å². The van der Waals surface area contributed by atoms with Crippen molar-refractivity contribution < 1.29 is 18.0 Å². The molecule has 2 N–H and O–H groups in total.